The van der Waals surface area contributed by atoms with Gasteiger partial charge in [0.05, 0.1) is 6.04 Å². The number of hydrogen-bond donors (Lipinski definition) is 1. The summed E-state index contributed by atoms with van der Waals surface area (Å²) in [6.45, 7) is 4.98. The van der Waals surface area contributed by atoms with Crippen molar-refractivity contribution < 1.29 is 14.3 Å². The van der Waals surface area contributed by atoms with Gasteiger partial charge in [0.2, 0.25) is 6.79 Å². The number of carbonyl (C=O) groups is 1. The van der Waals surface area contributed by atoms with E-state index in [1.165, 1.54) is 12.8 Å². The van der Waals surface area contributed by atoms with E-state index in [0.717, 1.165) is 35.7 Å². The van der Waals surface area contributed by atoms with Gasteiger partial charge in [0, 0.05) is 12.1 Å². The predicted octanol–water partition coefficient (Wildman–Crippen LogP) is 3.29. The molecule has 0 bridgehead atoms. The Morgan fingerprint density at radius 3 is 2.58 bits per heavy atom. The number of fused-ring (bicyclic) bond motifs is 1. The van der Waals surface area contributed by atoms with E-state index in [1.54, 1.807) is 0 Å². The van der Waals surface area contributed by atoms with Gasteiger partial charge < -0.3 is 14.8 Å². The van der Waals surface area contributed by atoms with Crippen molar-refractivity contribution >= 4 is 5.91 Å². The molecule has 1 amide bonds. The van der Waals surface area contributed by atoms with Gasteiger partial charge in [0.1, 0.15) is 0 Å². The molecule has 136 valence electrons. The summed E-state index contributed by atoms with van der Waals surface area (Å²) in [5, 5.41) is 3.11. The molecule has 4 rings (SSSR count). The van der Waals surface area contributed by atoms with Crippen molar-refractivity contribution in [3.05, 3.63) is 59.2 Å². The molecule has 0 spiro atoms. The zero-order valence-corrected chi connectivity index (χ0v) is 15.0. The van der Waals surface area contributed by atoms with Crippen molar-refractivity contribution in [2.75, 3.05) is 26.4 Å². The average molecular weight is 352 g/mol. The number of hydrogen-bond acceptors (Lipinski definition) is 4. The van der Waals surface area contributed by atoms with Gasteiger partial charge in [-0.1, -0.05) is 23.8 Å². The summed E-state index contributed by atoms with van der Waals surface area (Å²) in [5.41, 5.74) is 3.00. The van der Waals surface area contributed by atoms with Gasteiger partial charge in [-0.3, -0.25) is 9.69 Å². The molecule has 1 atom stereocenters. The van der Waals surface area contributed by atoms with Crippen LogP contribution in [0.25, 0.3) is 0 Å². The highest BCUT2D eigenvalue weighted by atomic mass is 16.7. The van der Waals surface area contributed by atoms with Crippen LogP contribution in [0.5, 0.6) is 11.5 Å². The van der Waals surface area contributed by atoms with Crippen LogP contribution in [-0.4, -0.2) is 37.2 Å². The van der Waals surface area contributed by atoms with Crippen molar-refractivity contribution in [1.82, 2.24) is 10.2 Å². The normalized spacial score (nSPS) is 17.3. The van der Waals surface area contributed by atoms with Crippen LogP contribution in [0.15, 0.2) is 42.5 Å². The average Bonchev–Trinajstić information content (AvgIpc) is 3.34. The highest BCUT2D eigenvalue weighted by Crippen LogP contribution is 2.36. The summed E-state index contributed by atoms with van der Waals surface area (Å²) < 4.78 is 10.9. The quantitative estimate of drug-likeness (QED) is 0.897. The zero-order valence-electron chi connectivity index (χ0n) is 15.0. The fourth-order valence-electron chi connectivity index (χ4n) is 3.63. The van der Waals surface area contributed by atoms with E-state index in [-0.39, 0.29) is 18.7 Å². The van der Waals surface area contributed by atoms with Crippen LogP contribution in [-0.2, 0) is 0 Å². The number of benzene rings is 2. The standard InChI is InChI=1S/C21H24N2O3/c1-15-4-6-16(7-5-15)21(24)22-13-18(23-10-2-3-11-23)17-8-9-19-20(12-17)26-14-25-19/h4-9,12,18H,2-3,10-11,13-14H2,1H3,(H,22,24). The molecule has 2 aliphatic heterocycles. The fourth-order valence-corrected chi connectivity index (χ4v) is 3.63. The Hall–Kier alpha value is -2.53. The minimum Gasteiger partial charge on any atom is -0.454 e. The Bertz CT molecular complexity index is 782. The number of amides is 1. The van der Waals surface area contributed by atoms with E-state index in [1.807, 2.05) is 43.3 Å². The van der Waals surface area contributed by atoms with Crippen LogP contribution in [0.2, 0.25) is 0 Å². The number of rotatable bonds is 5. The third-order valence-electron chi connectivity index (χ3n) is 5.13. The lowest BCUT2D eigenvalue weighted by Gasteiger charge is -2.28. The predicted molar refractivity (Wildman–Crippen MR) is 99.6 cm³/mol. The summed E-state index contributed by atoms with van der Waals surface area (Å²) in [4.78, 5) is 15.0. The van der Waals surface area contributed by atoms with E-state index in [4.69, 9.17) is 9.47 Å². The van der Waals surface area contributed by atoms with Crippen LogP contribution in [0.3, 0.4) is 0 Å². The van der Waals surface area contributed by atoms with Gasteiger partial charge in [-0.25, -0.2) is 0 Å². The Morgan fingerprint density at radius 1 is 1.08 bits per heavy atom. The molecule has 0 aromatic heterocycles. The van der Waals surface area contributed by atoms with E-state index < -0.39 is 0 Å². The van der Waals surface area contributed by atoms with Gasteiger partial charge >= 0.3 is 0 Å². The van der Waals surface area contributed by atoms with Crippen molar-refractivity contribution in [1.29, 1.82) is 0 Å². The van der Waals surface area contributed by atoms with Crippen LogP contribution >= 0.6 is 0 Å². The van der Waals surface area contributed by atoms with Crippen molar-refractivity contribution in [3.63, 3.8) is 0 Å². The summed E-state index contributed by atoms with van der Waals surface area (Å²) in [5.74, 6) is 1.55. The molecule has 0 aliphatic carbocycles. The Kier molecular flexibility index (Phi) is 4.80. The molecule has 0 radical (unpaired) electrons. The molecular weight excluding hydrogens is 328 g/mol. The first-order valence-electron chi connectivity index (χ1n) is 9.19. The number of nitrogens with zero attached hydrogens (tertiary/aromatic N) is 1. The van der Waals surface area contributed by atoms with E-state index in [2.05, 4.69) is 16.3 Å². The Morgan fingerprint density at radius 2 is 1.81 bits per heavy atom. The molecule has 1 saturated heterocycles. The van der Waals surface area contributed by atoms with Gasteiger partial charge in [0.25, 0.3) is 5.91 Å². The summed E-state index contributed by atoms with van der Waals surface area (Å²) in [6.07, 6.45) is 2.40. The first-order valence-corrected chi connectivity index (χ1v) is 9.19. The van der Waals surface area contributed by atoms with Crippen LogP contribution in [0.4, 0.5) is 0 Å². The van der Waals surface area contributed by atoms with Gasteiger partial charge in [-0.05, 0) is 62.7 Å². The molecular formula is C21H24N2O3. The molecule has 0 saturated carbocycles. The van der Waals surface area contributed by atoms with Gasteiger partial charge in [-0.15, -0.1) is 0 Å². The van der Waals surface area contributed by atoms with E-state index in [9.17, 15) is 4.79 Å². The third-order valence-corrected chi connectivity index (χ3v) is 5.13. The van der Waals surface area contributed by atoms with Crippen LogP contribution in [0, 0.1) is 6.92 Å². The molecule has 1 fully saturated rings. The monoisotopic (exact) mass is 352 g/mol. The summed E-state index contributed by atoms with van der Waals surface area (Å²) in [6, 6.07) is 13.9. The number of nitrogens with one attached hydrogen (secondary N) is 1. The molecule has 2 aromatic carbocycles. The lowest BCUT2D eigenvalue weighted by Crippen LogP contribution is -2.36. The van der Waals surface area contributed by atoms with Crippen LogP contribution in [0.1, 0.15) is 40.4 Å². The number of likely N-dealkylation sites (tertiary alicyclic amines) is 1. The lowest BCUT2D eigenvalue weighted by atomic mass is 10.0. The maximum atomic E-state index is 12.5. The fraction of sp³-hybridized carbons (Fsp3) is 0.381. The second kappa shape index (κ2) is 7.38. The SMILES string of the molecule is Cc1ccc(C(=O)NCC(c2ccc3c(c2)OCO3)N2CCCC2)cc1. The molecule has 2 aliphatic rings. The maximum Gasteiger partial charge on any atom is 0.251 e. The molecule has 2 heterocycles. The van der Waals surface area contributed by atoms with Gasteiger partial charge in [-0.2, -0.15) is 0 Å². The third kappa shape index (κ3) is 3.53. The molecule has 5 nitrogen and oxygen atoms in total. The maximum absolute atomic E-state index is 12.5. The van der Waals surface area contributed by atoms with Crippen molar-refractivity contribution in [2.24, 2.45) is 0 Å². The van der Waals surface area contributed by atoms with Crippen molar-refractivity contribution in [3.8, 4) is 11.5 Å². The first-order chi connectivity index (χ1) is 12.7. The molecule has 26 heavy (non-hydrogen) atoms. The number of aryl methyl sites for hydroxylation is 1. The van der Waals surface area contributed by atoms with Crippen LogP contribution < -0.4 is 14.8 Å². The smallest absolute Gasteiger partial charge is 0.251 e. The second-order valence-corrected chi connectivity index (χ2v) is 6.95. The Balaban J connectivity index is 1.50. The lowest BCUT2D eigenvalue weighted by molar-refractivity contribution is 0.0938. The number of ether oxygens (including phenoxy) is 2. The molecule has 5 heteroatoms. The molecule has 2 aromatic rings. The highest BCUT2D eigenvalue weighted by molar-refractivity contribution is 5.94. The van der Waals surface area contributed by atoms with E-state index in [0.29, 0.717) is 12.1 Å². The number of carbonyl (C=O) groups excluding carboxylic acids is 1. The molecule has 1 unspecified atom stereocenters. The summed E-state index contributed by atoms with van der Waals surface area (Å²) in [7, 11) is 0. The second-order valence-electron chi connectivity index (χ2n) is 6.95. The Labute approximate surface area is 153 Å². The summed E-state index contributed by atoms with van der Waals surface area (Å²) >= 11 is 0. The minimum absolute atomic E-state index is 0.0325. The highest BCUT2D eigenvalue weighted by Gasteiger charge is 2.26. The van der Waals surface area contributed by atoms with E-state index >= 15 is 0 Å². The van der Waals surface area contributed by atoms with Gasteiger partial charge in [0.15, 0.2) is 11.5 Å². The first kappa shape index (κ1) is 16.9. The topological polar surface area (TPSA) is 50.8 Å². The van der Waals surface area contributed by atoms with Crippen molar-refractivity contribution in [2.45, 2.75) is 25.8 Å². The zero-order chi connectivity index (χ0) is 17.9. The molecule has 1 N–H and O–H groups in total. The largest absolute Gasteiger partial charge is 0.454 e. The minimum atomic E-state index is -0.0325.